The van der Waals surface area contributed by atoms with Crippen LogP contribution in [-0.4, -0.2) is 25.5 Å². The highest BCUT2D eigenvalue weighted by Gasteiger charge is 2.09. The summed E-state index contributed by atoms with van der Waals surface area (Å²) < 4.78 is 5.09. The van der Waals surface area contributed by atoms with Crippen molar-refractivity contribution in [2.45, 2.75) is 6.54 Å². The van der Waals surface area contributed by atoms with Crippen molar-refractivity contribution in [2.75, 3.05) is 19.0 Å². The van der Waals surface area contributed by atoms with Crippen LogP contribution in [0.2, 0.25) is 0 Å². The molecule has 0 aliphatic heterocycles. The van der Waals surface area contributed by atoms with Crippen LogP contribution in [0.4, 0.5) is 5.69 Å². The van der Waals surface area contributed by atoms with Crippen molar-refractivity contribution in [2.24, 2.45) is 5.73 Å². The maximum Gasteiger partial charge on any atom is 0.250 e. The predicted molar refractivity (Wildman–Crippen MR) is 88.3 cm³/mol. The minimum absolute atomic E-state index is 0.124. The van der Waals surface area contributed by atoms with Gasteiger partial charge in [0.1, 0.15) is 5.75 Å². The minimum atomic E-state index is -0.577. The van der Waals surface area contributed by atoms with Crippen molar-refractivity contribution < 1.29 is 14.3 Å². The molecular weight excluding hydrogens is 294 g/mol. The second kappa shape index (κ2) is 7.95. The molecule has 23 heavy (non-hydrogen) atoms. The topological polar surface area (TPSA) is 93.4 Å². The first-order valence-electron chi connectivity index (χ1n) is 7.12. The average molecular weight is 313 g/mol. The number of benzene rings is 2. The van der Waals surface area contributed by atoms with Gasteiger partial charge in [-0.1, -0.05) is 24.3 Å². The van der Waals surface area contributed by atoms with Gasteiger partial charge in [0.25, 0.3) is 5.91 Å². The quantitative estimate of drug-likeness (QED) is 0.722. The van der Waals surface area contributed by atoms with Gasteiger partial charge >= 0.3 is 0 Å². The summed E-state index contributed by atoms with van der Waals surface area (Å²) in [4.78, 5) is 23.2. The number of anilines is 1. The summed E-state index contributed by atoms with van der Waals surface area (Å²) in [5.41, 5.74) is 7.01. The molecule has 0 bridgehead atoms. The standard InChI is InChI=1S/C17H19N3O3/c1-23-13-8-6-12(7-9-13)10-19-11-16(21)20-15-5-3-2-4-14(15)17(18)22/h2-9,19H,10-11H2,1H3,(H2,18,22)(H,20,21). The van der Waals surface area contributed by atoms with Crippen LogP contribution in [0.1, 0.15) is 15.9 Å². The molecule has 0 unspecified atom stereocenters. The predicted octanol–water partition coefficient (Wildman–Crippen LogP) is 1.52. The van der Waals surface area contributed by atoms with Gasteiger partial charge in [-0.25, -0.2) is 0 Å². The lowest BCUT2D eigenvalue weighted by atomic mass is 10.1. The molecule has 0 fully saturated rings. The van der Waals surface area contributed by atoms with Crippen LogP contribution in [0, 0.1) is 0 Å². The molecule has 2 aromatic carbocycles. The fraction of sp³-hybridized carbons (Fsp3) is 0.176. The fourth-order valence-corrected chi connectivity index (χ4v) is 2.07. The highest BCUT2D eigenvalue weighted by molar-refractivity contribution is 6.03. The first-order valence-corrected chi connectivity index (χ1v) is 7.12. The van der Waals surface area contributed by atoms with Gasteiger partial charge in [-0.05, 0) is 29.8 Å². The zero-order valence-corrected chi connectivity index (χ0v) is 12.8. The van der Waals surface area contributed by atoms with Gasteiger partial charge in [0.2, 0.25) is 5.91 Å². The van der Waals surface area contributed by atoms with E-state index in [1.54, 1.807) is 31.4 Å². The smallest absolute Gasteiger partial charge is 0.250 e. The largest absolute Gasteiger partial charge is 0.497 e. The van der Waals surface area contributed by atoms with Crippen LogP contribution in [-0.2, 0) is 11.3 Å². The number of primary amides is 1. The average Bonchev–Trinajstić information content (AvgIpc) is 2.56. The SMILES string of the molecule is COc1ccc(CNCC(=O)Nc2ccccc2C(N)=O)cc1. The highest BCUT2D eigenvalue weighted by atomic mass is 16.5. The number of amides is 2. The van der Waals surface area contributed by atoms with Gasteiger partial charge in [0.15, 0.2) is 0 Å². The zero-order chi connectivity index (χ0) is 16.7. The monoisotopic (exact) mass is 313 g/mol. The van der Waals surface area contributed by atoms with Crippen LogP contribution in [0.15, 0.2) is 48.5 Å². The molecule has 4 N–H and O–H groups in total. The Balaban J connectivity index is 1.84. The summed E-state index contributed by atoms with van der Waals surface area (Å²) in [6, 6.07) is 14.2. The Hall–Kier alpha value is -2.86. The number of nitrogens with one attached hydrogen (secondary N) is 2. The van der Waals surface area contributed by atoms with Gasteiger partial charge in [-0.3, -0.25) is 9.59 Å². The molecule has 0 spiro atoms. The second-order valence-electron chi connectivity index (χ2n) is 4.91. The van der Waals surface area contributed by atoms with Crippen molar-refractivity contribution in [1.29, 1.82) is 0 Å². The van der Waals surface area contributed by atoms with Crippen LogP contribution in [0.25, 0.3) is 0 Å². The van der Waals surface area contributed by atoms with Crippen LogP contribution < -0.4 is 21.1 Å². The van der Waals surface area contributed by atoms with E-state index in [2.05, 4.69) is 10.6 Å². The lowest BCUT2D eigenvalue weighted by Gasteiger charge is -2.09. The molecule has 0 aliphatic rings. The molecule has 0 heterocycles. The molecule has 0 radical (unpaired) electrons. The van der Waals surface area contributed by atoms with Crippen molar-refractivity contribution in [3.05, 3.63) is 59.7 Å². The molecule has 2 amide bonds. The molecule has 0 aliphatic carbocycles. The van der Waals surface area contributed by atoms with Crippen molar-refractivity contribution in [3.8, 4) is 5.75 Å². The van der Waals surface area contributed by atoms with Gasteiger partial charge in [-0.15, -0.1) is 0 Å². The number of nitrogens with two attached hydrogens (primary N) is 1. The Labute approximate surface area is 134 Å². The first kappa shape index (κ1) is 16.5. The molecule has 2 rings (SSSR count). The Bertz CT molecular complexity index is 684. The third-order valence-electron chi connectivity index (χ3n) is 3.24. The molecule has 0 atom stereocenters. The summed E-state index contributed by atoms with van der Waals surface area (Å²) in [5, 5.41) is 5.71. The summed E-state index contributed by atoms with van der Waals surface area (Å²) in [6.07, 6.45) is 0. The second-order valence-corrected chi connectivity index (χ2v) is 4.91. The van der Waals surface area contributed by atoms with E-state index in [0.717, 1.165) is 11.3 Å². The minimum Gasteiger partial charge on any atom is -0.497 e. The molecule has 0 aromatic heterocycles. The third-order valence-corrected chi connectivity index (χ3v) is 3.24. The number of carbonyl (C=O) groups excluding carboxylic acids is 2. The Morgan fingerprint density at radius 2 is 1.78 bits per heavy atom. The fourth-order valence-electron chi connectivity index (χ4n) is 2.07. The van der Waals surface area contributed by atoms with E-state index < -0.39 is 5.91 Å². The Kier molecular flexibility index (Phi) is 5.71. The number of carbonyl (C=O) groups is 2. The number of hydrogen-bond acceptors (Lipinski definition) is 4. The van der Waals surface area contributed by atoms with E-state index in [0.29, 0.717) is 12.2 Å². The summed E-state index contributed by atoms with van der Waals surface area (Å²) >= 11 is 0. The maximum atomic E-state index is 11.9. The Morgan fingerprint density at radius 3 is 2.43 bits per heavy atom. The van der Waals surface area contributed by atoms with E-state index in [1.165, 1.54) is 0 Å². The molecule has 2 aromatic rings. The summed E-state index contributed by atoms with van der Waals surface area (Å²) in [7, 11) is 1.61. The summed E-state index contributed by atoms with van der Waals surface area (Å²) in [5.74, 6) is -0.0335. The molecular formula is C17H19N3O3. The summed E-state index contributed by atoms with van der Waals surface area (Å²) in [6.45, 7) is 0.675. The number of para-hydroxylation sites is 1. The number of ether oxygens (including phenoxy) is 1. The third kappa shape index (κ3) is 4.82. The van der Waals surface area contributed by atoms with Crippen molar-refractivity contribution in [3.63, 3.8) is 0 Å². The highest BCUT2D eigenvalue weighted by Crippen LogP contribution is 2.14. The molecule has 6 heteroatoms. The van der Waals surface area contributed by atoms with E-state index >= 15 is 0 Å². The van der Waals surface area contributed by atoms with Crippen LogP contribution >= 0.6 is 0 Å². The molecule has 0 saturated heterocycles. The van der Waals surface area contributed by atoms with Crippen molar-refractivity contribution >= 4 is 17.5 Å². The number of rotatable bonds is 7. The van der Waals surface area contributed by atoms with E-state index in [-0.39, 0.29) is 18.0 Å². The lowest BCUT2D eigenvalue weighted by molar-refractivity contribution is -0.115. The molecule has 0 saturated carbocycles. The zero-order valence-electron chi connectivity index (χ0n) is 12.8. The van der Waals surface area contributed by atoms with Gasteiger partial charge in [0, 0.05) is 6.54 Å². The normalized spacial score (nSPS) is 10.1. The van der Waals surface area contributed by atoms with Gasteiger partial charge < -0.3 is 21.1 Å². The number of hydrogen-bond donors (Lipinski definition) is 3. The van der Waals surface area contributed by atoms with E-state index in [9.17, 15) is 9.59 Å². The van der Waals surface area contributed by atoms with E-state index in [1.807, 2.05) is 24.3 Å². The van der Waals surface area contributed by atoms with E-state index in [4.69, 9.17) is 10.5 Å². The van der Waals surface area contributed by atoms with Crippen molar-refractivity contribution in [1.82, 2.24) is 5.32 Å². The molecule has 120 valence electrons. The van der Waals surface area contributed by atoms with Crippen LogP contribution in [0.5, 0.6) is 5.75 Å². The van der Waals surface area contributed by atoms with Gasteiger partial charge in [0.05, 0.1) is 24.9 Å². The maximum absolute atomic E-state index is 11.9. The number of methoxy groups -OCH3 is 1. The lowest BCUT2D eigenvalue weighted by Crippen LogP contribution is -2.28. The first-order chi connectivity index (χ1) is 11.1. The van der Waals surface area contributed by atoms with Crippen LogP contribution in [0.3, 0.4) is 0 Å². The Morgan fingerprint density at radius 1 is 1.09 bits per heavy atom. The molecule has 6 nitrogen and oxygen atoms in total. The van der Waals surface area contributed by atoms with Gasteiger partial charge in [-0.2, -0.15) is 0 Å².